The molecule has 174 valence electrons. The predicted octanol–water partition coefficient (Wildman–Crippen LogP) is 7.15. The highest BCUT2D eigenvalue weighted by Gasteiger charge is 2.13. The number of fused-ring (bicyclic) bond motifs is 2. The van der Waals surface area contributed by atoms with Crippen LogP contribution in [0.25, 0.3) is 21.7 Å². The monoisotopic (exact) mass is 499 g/mol. The van der Waals surface area contributed by atoms with Gasteiger partial charge in [0.25, 0.3) is 0 Å². The zero-order chi connectivity index (χ0) is 24.4. The van der Waals surface area contributed by atoms with Gasteiger partial charge in [-0.3, -0.25) is 4.79 Å². The van der Waals surface area contributed by atoms with E-state index in [1.807, 2.05) is 72.8 Å². The third-order valence-electron chi connectivity index (χ3n) is 6.22. The van der Waals surface area contributed by atoms with Gasteiger partial charge >= 0.3 is 0 Å². The predicted molar refractivity (Wildman–Crippen MR) is 146 cm³/mol. The molecule has 1 N–H and O–H groups in total. The molecule has 0 unspecified atom stereocenters. The Labute approximate surface area is 213 Å². The first kappa shape index (κ1) is 23.2. The molecule has 0 fully saturated rings. The first-order chi connectivity index (χ1) is 17.0. The molecule has 1 amide bonds. The van der Waals surface area contributed by atoms with Crippen LogP contribution in [0.2, 0.25) is 10.0 Å². The highest BCUT2D eigenvalue weighted by Crippen LogP contribution is 2.28. The minimum atomic E-state index is -0.158. The molecular weight excluding hydrogens is 477 g/mol. The lowest BCUT2D eigenvalue weighted by Gasteiger charge is -2.09. The van der Waals surface area contributed by atoms with Gasteiger partial charge < -0.3 is 4.57 Å². The highest BCUT2D eigenvalue weighted by atomic mass is 35.5. The van der Waals surface area contributed by atoms with E-state index in [-0.39, 0.29) is 12.3 Å². The first-order valence-corrected chi connectivity index (χ1v) is 12.1. The Morgan fingerprint density at radius 2 is 1.66 bits per heavy atom. The Balaban J connectivity index is 1.38. The molecule has 6 heteroatoms. The minimum Gasteiger partial charge on any atom is -0.340 e. The number of carbonyl (C=O) groups is 1. The number of carbonyl (C=O) groups excluding carboxylic acids is 1. The largest absolute Gasteiger partial charge is 0.340 e. The zero-order valence-electron chi connectivity index (χ0n) is 19.1. The van der Waals surface area contributed by atoms with E-state index >= 15 is 0 Å². The number of nitrogens with zero attached hydrogens (tertiary/aromatic N) is 2. The number of benzene rings is 4. The van der Waals surface area contributed by atoms with E-state index in [9.17, 15) is 4.79 Å². The van der Waals surface area contributed by atoms with E-state index in [4.69, 9.17) is 23.2 Å². The normalized spacial score (nSPS) is 11.5. The number of hydrogen-bond donors (Lipinski definition) is 1. The van der Waals surface area contributed by atoms with Crippen LogP contribution in [-0.4, -0.2) is 16.7 Å². The number of hydrogen-bond acceptors (Lipinski definition) is 2. The number of halogens is 2. The van der Waals surface area contributed by atoms with Crippen LogP contribution in [0.5, 0.6) is 0 Å². The van der Waals surface area contributed by atoms with Crippen molar-refractivity contribution in [3.05, 3.63) is 117 Å². The van der Waals surface area contributed by atoms with Crippen molar-refractivity contribution in [1.29, 1.82) is 0 Å². The second kappa shape index (κ2) is 9.95. The van der Waals surface area contributed by atoms with Crippen molar-refractivity contribution >= 4 is 57.0 Å². The fourth-order valence-corrected chi connectivity index (χ4v) is 4.79. The number of nitrogens with one attached hydrogen (secondary N) is 1. The van der Waals surface area contributed by atoms with E-state index in [2.05, 4.69) is 34.2 Å². The van der Waals surface area contributed by atoms with Crippen LogP contribution >= 0.6 is 23.2 Å². The first-order valence-electron chi connectivity index (χ1n) is 11.3. The molecule has 5 aromatic rings. The van der Waals surface area contributed by atoms with Gasteiger partial charge in [0, 0.05) is 28.7 Å². The summed E-state index contributed by atoms with van der Waals surface area (Å²) >= 11 is 12.3. The summed E-state index contributed by atoms with van der Waals surface area (Å²) in [5.74, 6) is -0.158. The average Bonchev–Trinajstić information content (AvgIpc) is 3.12. The molecule has 35 heavy (non-hydrogen) atoms. The third kappa shape index (κ3) is 4.81. The Hall–Kier alpha value is -3.60. The second-order valence-corrected chi connectivity index (χ2v) is 9.27. The van der Waals surface area contributed by atoms with Crippen LogP contribution in [0.1, 0.15) is 22.4 Å². The van der Waals surface area contributed by atoms with E-state index < -0.39 is 0 Å². The van der Waals surface area contributed by atoms with Crippen LogP contribution in [0.4, 0.5) is 0 Å². The molecule has 0 atom stereocenters. The fourth-order valence-electron chi connectivity index (χ4n) is 4.47. The van der Waals surface area contributed by atoms with Crippen LogP contribution < -0.4 is 5.43 Å². The Kier molecular flexibility index (Phi) is 6.58. The summed E-state index contributed by atoms with van der Waals surface area (Å²) in [5, 5.41) is 8.64. The molecule has 0 aliphatic rings. The maximum Gasteiger partial charge on any atom is 0.244 e. The quantitative estimate of drug-likeness (QED) is 0.195. The van der Waals surface area contributed by atoms with Gasteiger partial charge in [0.1, 0.15) is 0 Å². The van der Waals surface area contributed by atoms with E-state index in [1.54, 1.807) is 6.21 Å². The number of rotatable bonds is 6. The van der Waals surface area contributed by atoms with Crippen molar-refractivity contribution in [2.45, 2.75) is 19.9 Å². The molecule has 4 nitrogen and oxygen atoms in total. The highest BCUT2D eigenvalue weighted by molar-refractivity contribution is 6.42. The van der Waals surface area contributed by atoms with Gasteiger partial charge in [0.2, 0.25) is 5.91 Å². The van der Waals surface area contributed by atoms with E-state index in [1.165, 1.54) is 0 Å². The standard InChI is InChI=1S/C29H23Cl2N3O/c1-19-25(17-32-33-29(35)16-22-9-6-8-21-7-2-3-10-23(21)22)24-11-4-5-12-28(24)34(19)18-20-13-14-26(30)27(31)15-20/h2-15,17H,16,18H2,1H3,(H,33,35)/b32-17-. The van der Waals surface area contributed by atoms with Gasteiger partial charge in [0.15, 0.2) is 0 Å². The molecule has 0 radical (unpaired) electrons. The molecule has 0 spiro atoms. The zero-order valence-corrected chi connectivity index (χ0v) is 20.6. The molecule has 0 saturated heterocycles. The summed E-state index contributed by atoms with van der Waals surface area (Å²) in [6.45, 7) is 2.70. The smallest absolute Gasteiger partial charge is 0.244 e. The summed E-state index contributed by atoms with van der Waals surface area (Å²) < 4.78 is 2.22. The van der Waals surface area contributed by atoms with Crippen LogP contribution in [0, 0.1) is 6.92 Å². The van der Waals surface area contributed by atoms with Gasteiger partial charge in [-0.1, -0.05) is 89.9 Å². The summed E-state index contributed by atoms with van der Waals surface area (Å²) in [4.78, 5) is 12.6. The number of aromatic nitrogens is 1. The maximum atomic E-state index is 12.6. The average molecular weight is 500 g/mol. The summed E-state index contributed by atoms with van der Waals surface area (Å²) in [5.41, 5.74) is 7.82. The van der Waals surface area contributed by atoms with E-state index in [0.717, 1.165) is 44.1 Å². The van der Waals surface area contributed by atoms with E-state index in [0.29, 0.717) is 16.6 Å². The SMILES string of the molecule is Cc1c(/C=N\NC(=O)Cc2cccc3ccccc23)c2ccccc2n1Cc1ccc(Cl)c(Cl)c1. The van der Waals surface area contributed by atoms with Crippen molar-refractivity contribution in [1.82, 2.24) is 9.99 Å². The number of para-hydroxylation sites is 1. The molecular formula is C29H23Cl2N3O. The Bertz CT molecular complexity index is 1580. The molecule has 1 aromatic heterocycles. The summed E-state index contributed by atoms with van der Waals surface area (Å²) in [6, 6.07) is 27.9. The van der Waals surface area contributed by atoms with Crippen molar-refractivity contribution in [2.75, 3.05) is 0 Å². The summed E-state index contributed by atoms with van der Waals surface area (Å²) in [7, 11) is 0. The van der Waals surface area contributed by atoms with Gasteiger partial charge in [0.05, 0.1) is 22.7 Å². The molecule has 0 aliphatic carbocycles. The van der Waals surface area contributed by atoms with Crippen molar-refractivity contribution in [3.63, 3.8) is 0 Å². The molecule has 1 heterocycles. The minimum absolute atomic E-state index is 0.158. The Morgan fingerprint density at radius 3 is 2.49 bits per heavy atom. The Morgan fingerprint density at radius 1 is 0.914 bits per heavy atom. The van der Waals surface area contributed by atoms with Crippen LogP contribution in [0.15, 0.2) is 90.0 Å². The lowest BCUT2D eigenvalue weighted by Crippen LogP contribution is -2.20. The van der Waals surface area contributed by atoms with Crippen molar-refractivity contribution < 1.29 is 4.79 Å². The molecule has 5 rings (SSSR count). The molecule has 0 aliphatic heterocycles. The lowest BCUT2D eigenvalue weighted by molar-refractivity contribution is -0.120. The van der Waals surface area contributed by atoms with Gasteiger partial charge in [-0.15, -0.1) is 0 Å². The molecule has 0 bridgehead atoms. The lowest BCUT2D eigenvalue weighted by atomic mass is 10.0. The van der Waals surface area contributed by atoms with Crippen LogP contribution in [0.3, 0.4) is 0 Å². The molecule has 0 saturated carbocycles. The van der Waals surface area contributed by atoms with Gasteiger partial charge in [-0.05, 0) is 47.0 Å². The second-order valence-electron chi connectivity index (χ2n) is 8.46. The topological polar surface area (TPSA) is 46.4 Å². The fraction of sp³-hybridized carbons (Fsp3) is 0.103. The molecule has 4 aromatic carbocycles. The van der Waals surface area contributed by atoms with Crippen LogP contribution in [-0.2, 0) is 17.8 Å². The maximum absolute atomic E-state index is 12.6. The van der Waals surface area contributed by atoms with Gasteiger partial charge in [-0.2, -0.15) is 5.10 Å². The number of hydrazone groups is 1. The van der Waals surface area contributed by atoms with Gasteiger partial charge in [-0.25, -0.2) is 5.43 Å². The van der Waals surface area contributed by atoms with Crippen molar-refractivity contribution in [3.8, 4) is 0 Å². The number of amides is 1. The summed E-state index contributed by atoms with van der Waals surface area (Å²) in [6.07, 6.45) is 1.99. The third-order valence-corrected chi connectivity index (χ3v) is 6.96. The van der Waals surface area contributed by atoms with Crippen molar-refractivity contribution in [2.24, 2.45) is 5.10 Å².